The molecule has 1 atom stereocenters. The molecular weight excluding hydrogens is 479 g/mol. The molecule has 1 aliphatic heterocycles. The van der Waals surface area contributed by atoms with E-state index in [1.807, 2.05) is 0 Å². The number of β-amino-alcohol motifs (C(OH)–C–C–N with tert-alkyl or cyclic N) is 1. The summed E-state index contributed by atoms with van der Waals surface area (Å²) in [4.78, 5) is 4.91. The van der Waals surface area contributed by atoms with E-state index < -0.39 is 6.10 Å². The topological polar surface area (TPSA) is 35.9 Å². The number of aryl methyl sites for hydroxylation is 3. The molecule has 0 aromatic heterocycles. The summed E-state index contributed by atoms with van der Waals surface area (Å²) in [7, 11) is 0. The van der Waals surface area contributed by atoms with E-state index in [9.17, 15) is 5.11 Å². The molecule has 1 fully saturated rings. The first-order valence-electron chi connectivity index (χ1n) is 12.0. The molecule has 4 nitrogen and oxygen atoms in total. The first kappa shape index (κ1) is 29.2. The van der Waals surface area contributed by atoms with Gasteiger partial charge in [0.15, 0.2) is 0 Å². The Bertz CT molecular complexity index is 963. The number of aliphatic hydroxyl groups excluding tert-OH is 1. The van der Waals surface area contributed by atoms with Crippen molar-refractivity contribution in [1.29, 1.82) is 0 Å². The number of aliphatic hydroxyl groups is 1. The molecule has 0 aliphatic carbocycles. The lowest BCUT2D eigenvalue weighted by Gasteiger charge is -2.40. The van der Waals surface area contributed by atoms with E-state index >= 15 is 0 Å². The van der Waals surface area contributed by atoms with Crippen LogP contribution in [-0.2, 0) is 0 Å². The summed E-state index contributed by atoms with van der Waals surface area (Å²) in [6.07, 6.45) is -0.504. The Morgan fingerprint density at radius 1 is 0.771 bits per heavy atom. The number of ether oxygens (including phenoxy) is 1. The molecule has 190 valence electrons. The molecule has 0 bridgehead atoms. The van der Waals surface area contributed by atoms with Crippen LogP contribution in [0.2, 0.25) is 0 Å². The van der Waals surface area contributed by atoms with Crippen LogP contribution in [0.1, 0.15) is 33.9 Å². The minimum absolute atomic E-state index is 0. The third kappa shape index (κ3) is 7.70. The van der Waals surface area contributed by atoms with Gasteiger partial charge in [-0.05, 0) is 43.0 Å². The van der Waals surface area contributed by atoms with Gasteiger partial charge in [-0.15, -0.1) is 24.8 Å². The first-order chi connectivity index (χ1) is 16.0. The van der Waals surface area contributed by atoms with Gasteiger partial charge < -0.3 is 9.84 Å². The Morgan fingerprint density at radius 2 is 1.26 bits per heavy atom. The van der Waals surface area contributed by atoms with E-state index in [4.69, 9.17) is 4.74 Å². The van der Waals surface area contributed by atoms with Crippen LogP contribution in [0.25, 0.3) is 0 Å². The second kappa shape index (κ2) is 13.9. The van der Waals surface area contributed by atoms with Crippen molar-refractivity contribution in [3.8, 4) is 5.75 Å². The number of hydrogen-bond acceptors (Lipinski definition) is 4. The predicted octanol–water partition coefficient (Wildman–Crippen LogP) is 5.60. The van der Waals surface area contributed by atoms with Gasteiger partial charge in [0, 0.05) is 32.7 Å². The summed E-state index contributed by atoms with van der Waals surface area (Å²) in [6, 6.07) is 26.0. The van der Waals surface area contributed by atoms with E-state index in [-0.39, 0.29) is 30.9 Å². The minimum atomic E-state index is -0.504. The Kier molecular flexibility index (Phi) is 11.5. The lowest BCUT2D eigenvalue weighted by atomic mass is 9.96. The van der Waals surface area contributed by atoms with Crippen molar-refractivity contribution in [2.24, 2.45) is 0 Å². The average molecular weight is 518 g/mol. The molecule has 1 unspecified atom stereocenters. The minimum Gasteiger partial charge on any atom is -0.490 e. The predicted molar refractivity (Wildman–Crippen MR) is 149 cm³/mol. The Hall–Kier alpha value is -2.08. The number of hydrogen-bond donors (Lipinski definition) is 1. The highest BCUT2D eigenvalue weighted by Crippen LogP contribution is 2.29. The van der Waals surface area contributed by atoms with Crippen LogP contribution in [0.5, 0.6) is 5.75 Å². The van der Waals surface area contributed by atoms with Gasteiger partial charge in [-0.1, -0.05) is 78.4 Å². The highest BCUT2D eigenvalue weighted by atomic mass is 35.5. The molecule has 3 aromatic rings. The quantitative estimate of drug-likeness (QED) is 0.422. The lowest BCUT2D eigenvalue weighted by molar-refractivity contribution is 0.0398. The van der Waals surface area contributed by atoms with Crippen molar-refractivity contribution in [3.05, 3.63) is 101 Å². The Labute approximate surface area is 222 Å². The van der Waals surface area contributed by atoms with E-state index in [1.165, 1.54) is 16.7 Å². The van der Waals surface area contributed by atoms with Crippen molar-refractivity contribution < 1.29 is 9.84 Å². The van der Waals surface area contributed by atoms with Crippen molar-refractivity contribution in [3.63, 3.8) is 0 Å². The molecule has 1 aliphatic rings. The van der Waals surface area contributed by atoms with Crippen molar-refractivity contribution in [2.75, 3.05) is 39.3 Å². The molecule has 1 heterocycles. The zero-order valence-electron chi connectivity index (χ0n) is 20.9. The summed E-state index contributed by atoms with van der Waals surface area (Å²) in [6.45, 7) is 11.0. The van der Waals surface area contributed by atoms with Gasteiger partial charge in [0.25, 0.3) is 0 Å². The average Bonchev–Trinajstić information content (AvgIpc) is 2.81. The smallest absolute Gasteiger partial charge is 0.125 e. The largest absolute Gasteiger partial charge is 0.490 e. The monoisotopic (exact) mass is 516 g/mol. The summed E-state index contributed by atoms with van der Waals surface area (Å²) in [5.41, 5.74) is 6.14. The molecule has 6 heteroatoms. The zero-order valence-corrected chi connectivity index (χ0v) is 22.5. The molecule has 0 radical (unpaired) electrons. The fourth-order valence-electron chi connectivity index (χ4n) is 5.01. The summed E-state index contributed by atoms with van der Waals surface area (Å²) < 4.78 is 6.01. The highest BCUT2D eigenvalue weighted by molar-refractivity contribution is 5.85. The number of halogens is 2. The van der Waals surface area contributed by atoms with Crippen molar-refractivity contribution in [2.45, 2.75) is 32.9 Å². The van der Waals surface area contributed by atoms with Crippen molar-refractivity contribution in [1.82, 2.24) is 9.80 Å². The molecule has 1 saturated heterocycles. The molecular formula is C29H38Cl2N2O2. The SMILES string of the molecule is Cc1cc(C)c(OCC(O)CN2CCN(C(c3ccccc3)c3ccccc3)CC2)c(C)c1.Cl.Cl. The van der Waals surface area contributed by atoms with Gasteiger partial charge in [0.05, 0.1) is 6.04 Å². The standard InChI is InChI=1S/C29H36N2O2.2ClH/c1-22-18-23(2)29(24(3)19-22)33-21-27(32)20-30-14-16-31(17-15-30)28(25-10-6-4-7-11-25)26-12-8-5-9-13-26;;/h4-13,18-19,27-28,32H,14-17,20-21H2,1-3H3;2*1H. The van der Waals surface area contributed by atoms with Gasteiger partial charge in [-0.25, -0.2) is 0 Å². The zero-order chi connectivity index (χ0) is 23.2. The first-order valence-corrected chi connectivity index (χ1v) is 12.0. The Morgan fingerprint density at radius 3 is 1.74 bits per heavy atom. The van der Waals surface area contributed by atoms with E-state index in [0.717, 1.165) is 43.1 Å². The molecule has 4 rings (SSSR count). The molecule has 0 amide bonds. The number of nitrogens with zero attached hydrogens (tertiary/aromatic N) is 2. The van der Waals surface area contributed by atoms with Crippen LogP contribution < -0.4 is 4.74 Å². The number of benzene rings is 3. The van der Waals surface area contributed by atoms with Crippen LogP contribution in [0.4, 0.5) is 0 Å². The molecule has 3 aromatic carbocycles. The molecule has 35 heavy (non-hydrogen) atoms. The molecule has 0 saturated carbocycles. The maximum absolute atomic E-state index is 10.6. The third-order valence-corrected chi connectivity index (χ3v) is 6.50. The van der Waals surface area contributed by atoms with Crippen LogP contribution in [0.3, 0.4) is 0 Å². The normalized spacial score (nSPS) is 15.2. The second-order valence-electron chi connectivity index (χ2n) is 9.25. The third-order valence-electron chi connectivity index (χ3n) is 6.50. The summed E-state index contributed by atoms with van der Waals surface area (Å²) in [5, 5.41) is 10.6. The van der Waals surface area contributed by atoms with Gasteiger partial charge in [-0.2, -0.15) is 0 Å². The Balaban J connectivity index is 0.00000216. The summed E-state index contributed by atoms with van der Waals surface area (Å²) in [5.74, 6) is 0.901. The maximum Gasteiger partial charge on any atom is 0.125 e. The van der Waals surface area contributed by atoms with Gasteiger partial charge in [0.2, 0.25) is 0 Å². The maximum atomic E-state index is 10.6. The van der Waals surface area contributed by atoms with Gasteiger partial charge >= 0.3 is 0 Å². The lowest BCUT2D eigenvalue weighted by Crippen LogP contribution is -2.50. The summed E-state index contributed by atoms with van der Waals surface area (Å²) >= 11 is 0. The van der Waals surface area contributed by atoms with Crippen LogP contribution >= 0.6 is 24.8 Å². The van der Waals surface area contributed by atoms with E-state index in [0.29, 0.717) is 13.2 Å². The van der Waals surface area contributed by atoms with Gasteiger partial charge in [-0.3, -0.25) is 9.80 Å². The van der Waals surface area contributed by atoms with E-state index in [1.54, 1.807) is 0 Å². The van der Waals surface area contributed by atoms with Crippen molar-refractivity contribution >= 4 is 24.8 Å². The second-order valence-corrected chi connectivity index (χ2v) is 9.25. The molecule has 0 spiro atoms. The highest BCUT2D eigenvalue weighted by Gasteiger charge is 2.27. The number of piperazine rings is 1. The van der Waals surface area contributed by atoms with Gasteiger partial charge in [0.1, 0.15) is 18.5 Å². The molecule has 1 N–H and O–H groups in total. The van der Waals surface area contributed by atoms with Crippen LogP contribution in [0, 0.1) is 20.8 Å². The van der Waals surface area contributed by atoms with E-state index in [2.05, 4.69) is 103 Å². The van der Waals surface area contributed by atoms with Crippen LogP contribution in [-0.4, -0.2) is 60.3 Å². The van der Waals surface area contributed by atoms with Crippen LogP contribution in [0.15, 0.2) is 72.8 Å². The number of rotatable bonds is 8. The fourth-order valence-corrected chi connectivity index (χ4v) is 5.01. The fraction of sp³-hybridized carbons (Fsp3) is 0.379.